The molecule has 0 saturated carbocycles. The fourth-order valence-corrected chi connectivity index (χ4v) is 7.07. The molecule has 0 radical (unpaired) electrons. The van der Waals surface area contributed by atoms with Crippen LogP contribution in [-0.2, 0) is 14.3 Å². The SMILES string of the molecule is Cc1cccc(C)c1NC(=O)C[N+]1(CCCCN2CCCCC2C(=O)Nc2c(C)cccc2C)CC(C)OC(C)C1. The number of nitrogens with one attached hydrogen (secondary N) is 2. The summed E-state index contributed by atoms with van der Waals surface area (Å²) in [5.74, 6) is 0.188. The normalized spacial score (nSPS) is 25.1. The molecule has 2 aliphatic rings. The van der Waals surface area contributed by atoms with Crippen molar-refractivity contribution in [1.82, 2.24) is 4.90 Å². The van der Waals surface area contributed by atoms with Gasteiger partial charge in [-0.3, -0.25) is 14.5 Å². The number of hydrogen-bond acceptors (Lipinski definition) is 4. The van der Waals surface area contributed by atoms with Gasteiger partial charge in [0.15, 0.2) is 6.54 Å². The quantitative estimate of drug-likeness (QED) is 0.285. The van der Waals surface area contributed by atoms with Crippen molar-refractivity contribution < 1.29 is 18.8 Å². The van der Waals surface area contributed by atoms with E-state index in [4.69, 9.17) is 4.74 Å². The van der Waals surface area contributed by atoms with E-state index in [-0.39, 0.29) is 30.1 Å². The van der Waals surface area contributed by atoms with Crippen LogP contribution in [0, 0.1) is 27.7 Å². The fraction of sp³-hybridized carbons (Fsp3) is 0.588. The summed E-state index contributed by atoms with van der Waals surface area (Å²) in [4.78, 5) is 29.2. The number of benzene rings is 2. The van der Waals surface area contributed by atoms with Gasteiger partial charge in [-0.05, 0) is 103 Å². The molecule has 2 aliphatic heterocycles. The number of morpholine rings is 1. The third kappa shape index (κ3) is 8.18. The molecule has 0 aromatic heterocycles. The van der Waals surface area contributed by atoms with Gasteiger partial charge < -0.3 is 19.9 Å². The van der Waals surface area contributed by atoms with Crippen molar-refractivity contribution in [3.63, 3.8) is 0 Å². The van der Waals surface area contributed by atoms with E-state index in [1.807, 2.05) is 38.1 Å². The van der Waals surface area contributed by atoms with Crippen LogP contribution in [0.25, 0.3) is 0 Å². The maximum atomic E-state index is 13.4. The average molecular weight is 564 g/mol. The molecule has 41 heavy (non-hydrogen) atoms. The number of para-hydroxylation sites is 2. The lowest BCUT2D eigenvalue weighted by atomic mass is 10.00. The molecule has 0 spiro atoms. The van der Waals surface area contributed by atoms with Gasteiger partial charge in [-0.1, -0.05) is 42.8 Å². The maximum Gasteiger partial charge on any atom is 0.279 e. The van der Waals surface area contributed by atoms with Gasteiger partial charge in [-0.15, -0.1) is 0 Å². The molecule has 0 bridgehead atoms. The van der Waals surface area contributed by atoms with E-state index < -0.39 is 0 Å². The van der Waals surface area contributed by atoms with E-state index >= 15 is 0 Å². The van der Waals surface area contributed by atoms with Gasteiger partial charge in [0.1, 0.15) is 25.3 Å². The Bertz CT molecular complexity index is 1160. The Labute approximate surface area is 247 Å². The summed E-state index contributed by atoms with van der Waals surface area (Å²) in [6, 6.07) is 12.2. The van der Waals surface area contributed by atoms with Gasteiger partial charge in [0, 0.05) is 11.4 Å². The zero-order chi connectivity index (χ0) is 29.6. The van der Waals surface area contributed by atoms with Gasteiger partial charge in [0.25, 0.3) is 5.91 Å². The lowest BCUT2D eigenvalue weighted by molar-refractivity contribution is -0.934. The van der Waals surface area contributed by atoms with Crippen molar-refractivity contribution in [2.24, 2.45) is 0 Å². The van der Waals surface area contributed by atoms with Crippen LogP contribution in [0.15, 0.2) is 36.4 Å². The highest BCUT2D eigenvalue weighted by Crippen LogP contribution is 2.26. The van der Waals surface area contributed by atoms with E-state index in [1.54, 1.807) is 0 Å². The molecule has 224 valence electrons. The highest BCUT2D eigenvalue weighted by Gasteiger charge is 2.39. The number of rotatable bonds is 10. The van der Waals surface area contributed by atoms with Crippen LogP contribution in [0.1, 0.15) is 68.2 Å². The Balaban J connectivity index is 1.36. The first kappa shape index (κ1) is 31.2. The minimum absolute atomic E-state index is 0.0722. The van der Waals surface area contributed by atoms with E-state index in [9.17, 15) is 9.59 Å². The van der Waals surface area contributed by atoms with Gasteiger partial charge in [-0.25, -0.2) is 0 Å². The van der Waals surface area contributed by atoms with Crippen molar-refractivity contribution in [2.45, 2.75) is 91.9 Å². The number of amides is 2. The topological polar surface area (TPSA) is 70.7 Å². The number of piperidine rings is 1. The second kappa shape index (κ2) is 14.0. The van der Waals surface area contributed by atoms with Crippen molar-refractivity contribution in [3.8, 4) is 0 Å². The van der Waals surface area contributed by atoms with Gasteiger partial charge in [0.2, 0.25) is 5.91 Å². The number of hydrogen-bond donors (Lipinski definition) is 2. The zero-order valence-electron chi connectivity index (χ0n) is 26.1. The molecule has 2 saturated heterocycles. The van der Waals surface area contributed by atoms with Crippen molar-refractivity contribution >= 4 is 23.2 Å². The van der Waals surface area contributed by atoms with Crippen LogP contribution in [-0.4, -0.2) is 78.7 Å². The number of unbranched alkanes of at least 4 members (excludes halogenated alkanes) is 1. The lowest BCUT2D eigenvalue weighted by Gasteiger charge is -2.45. The van der Waals surface area contributed by atoms with E-state index in [0.717, 1.165) is 103 Å². The smallest absolute Gasteiger partial charge is 0.279 e. The Morgan fingerprint density at radius 2 is 1.41 bits per heavy atom. The third-order valence-electron chi connectivity index (χ3n) is 8.95. The molecular weight excluding hydrogens is 512 g/mol. The molecule has 0 aliphatic carbocycles. The zero-order valence-corrected chi connectivity index (χ0v) is 26.1. The summed E-state index contributed by atoms with van der Waals surface area (Å²) in [6.45, 7) is 17.4. The number of carbonyl (C=O) groups is 2. The standard InChI is InChI=1S/C34H50N4O3/c1-24-13-11-14-25(2)32(24)35-31(39)23-38(21-28(5)41-29(6)22-38)20-10-9-19-37-18-8-7-17-30(37)34(40)36-33-26(3)15-12-16-27(33)4/h11-16,28-30H,7-10,17-23H2,1-6H3,(H-,35,36,39,40)/p+1. The number of anilines is 2. The molecular formula is C34H51N4O3+. The molecule has 2 heterocycles. The number of likely N-dealkylation sites (tertiary alicyclic amines) is 1. The minimum Gasteiger partial charge on any atom is -0.364 e. The largest absolute Gasteiger partial charge is 0.364 e. The lowest BCUT2D eigenvalue weighted by Crippen LogP contribution is -2.62. The van der Waals surface area contributed by atoms with Crippen LogP contribution < -0.4 is 10.6 Å². The highest BCUT2D eigenvalue weighted by atomic mass is 16.5. The fourth-order valence-electron chi connectivity index (χ4n) is 7.07. The summed E-state index contributed by atoms with van der Waals surface area (Å²) >= 11 is 0. The molecule has 3 unspecified atom stereocenters. The summed E-state index contributed by atoms with van der Waals surface area (Å²) in [5, 5.41) is 6.46. The molecule has 2 N–H and O–H groups in total. The molecule has 3 atom stereocenters. The minimum atomic E-state index is -0.0857. The summed E-state index contributed by atoms with van der Waals surface area (Å²) in [7, 11) is 0. The van der Waals surface area contributed by atoms with Crippen molar-refractivity contribution in [1.29, 1.82) is 0 Å². The number of nitrogens with zero attached hydrogens (tertiary/aromatic N) is 2. The second-order valence-corrected chi connectivity index (χ2v) is 12.7. The first-order chi connectivity index (χ1) is 19.6. The van der Waals surface area contributed by atoms with Crippen LogP contribution in [0.3, 0.4) is 0 Å². The van der Waals surface area contributed by atoms with Crippen molar-refractivity contribution in [2.75, 3.05) is 49.9 Å². The van der Waals surface area contributed by atoms with Crippen molar-refractivity contribution in [3.05, 3.63) is 58.7 Å². The highest BCUT2D eigenvalue weighted by molar-refractivity contribution is 5.96. The molecule has 7 heteroatoms. The molecule has 7 nitrogen and oxygen atoms in total. The summed E-state index contributed by atoms with van der Waals surface area (Å²) in [6.07, 6.45) is 5.39. The van der Waals surface area contributed by atoms with Gasteiger partial charge in [-0.2, -0.15) is 0 Å². The maximum absolute atomic E-state index is 13.4. The van der Waals surface area contributed by atoms with Crippen LogP contribution in [0.2, 0.25) is 0 Å². The predicted molar refractivity (Wildman–Crippen MR) is 167 cm³/mol. The average Bonchev–Trinajstić information content (AvgIpc) is 2.90. The van der Waals surface area contributed by atoms with Crippen LogP contribution >= 0.6 is 0 Å². The number of carbonyl (C=O) groups excluding carboxylic acids is 2. The van der Waals surface area contributed by atoms with Gasteiger partial charge >= 0.3 is 0 Å². The van der Waals surface area contributed by atoms with Gasteiger partial charge in [0.05, 0.1) is 12.6 Å². The second-order valence-electron chi connectivity index (χ2n) is 12.7. The third-order valence-corrected chi connectivity index (χ3v) is 8.95. The number of ether oxygens (including phenoxy) is 1. The Morgan fingerprint density at radius 3 is 2.00 bits per heavy atom. The van der Waals surface area contributed by atoms with E-state index in [2.05, 4.69) is 55.4 Å². The number of quaternary nitrogens is 1. The predicted octanol–water partition coefficient (Wildman–Crippen LogP) is 5.76. The first-order valence-corrected chi connectivity index (χ1v) is 15.5. The summed E-state index contributed by atoms with van der Waals surface area (Å²) in [5.41, 5.74) is 6.26. The molecule has 4 rings (SSSR count). The Kier molecular flexibility index (Phi) is 10.6. The first-order valence-electron chi connectivity index (χ1n) is 15.5. The van der Waals surface area contributed by atoms with Crippen LogP contribution in [0.4, 0.5) is 11.4 Å². The van der Waals surface area contributed by atoms with E-state index in [0.29, 0.717) is 6.54 Å². The van der Waals surface area contributed by atoms with Crippen LogP contribution in [0.5, 0.6) is 0 Å². The molecule has 2 aromatic rings. The monoisotopic (exact) mass is 563 g/mol. The molecule has 2 aromatic carbocycles. The number of aryl methyl sites for hydroxylation is 4. The molecule has 2 fully saturated rings. The molecule has 2 amide bonds. The Hall–Kier alpha value is -2.74. The summed E-state index contributed by atoms with van der Waals surface area (Å²) < 4.78 is 6.83. The van der Waals surface area contributed by atoms with E-state index in [1.165, 1.54) is 0 Å². The Morgan fingerprint density at radius 1 is 0.854 bits per heavy atom.